The smallest absolute Gasteiger partial charge is 0.242 e. The maximum absolute atomic E-state index is 11.9. The molecule has 0 radical (unpaired) electrons. The van der Waals surface area contributed by atoms with Crippen molar-refractivity contribution in [1.82, 2.24) is 10.6 Å². The molecule has 4 nitrogen and oxygen atoms in total. The average molecular weight is 226 g/mol. The number of hydrogen-bond donors (Lipinski definition) is 2. The molecule has 0 aromatic rings. The Labute approximate surface area is 93.8 Å². The maximum Gasteiger partial charge on any atom is 0.242 e. The average Bonchev–Trinajstić information content (AvgIpc) is 2.16. The molecule has 2 N–H and O–H groups in total. The third-order valence-electron chi connectivity index (χ3n) is 3.56. The van der Waals surface area contributed by atoms with Gasteiger partial charge in [0, 0.05) is 0 Å². The summed E-state index contributed by atoms with van der Waals surface area (Å²) in [6.45, 7) is 1.96. The van der Waals surface area contributed by atoms with Crippen molar-refractivity contribution in [3.05, 3.63) is 0 Å². The minimum atomic E-state index is -0.874. The van der Waals surface area contributed by atoms with Gasteiger partial charge in [-0.2, -0.15) is 0 Å². The predicted molar refractivity (Wildman–Crippen MR) is 58.9 cm³/mol. The van der Waals surface area contributed by atoms with Gasteiger partial charge in [0.1, 0.15) is 5.41 Å². The zero-order chi connectivity index (χ0) is 11.1. The molecule has 0 aromatic heterocycles. The fraction of sp³-hybridized carbons (Fsp3) is 0.700. The molecule has 0 bridgehead atoms. The van der Waals surface area contributed by atoms with E-state index >= 15 is 0 Å². The summed E-state index contributed by atoms with van der Waals surface area (Å²) < 4.78 is 0. The Morgan fingerprint density at radius 3 is 2.40 bits per heavy atom. The SMILES string of the molecule is C[C@H]1CCCCC12C(=O)NC(=S)NC2=O. The van der Waals surface area contributed by atoms with Gasteiger partial charge in [0.25, 0.3) is 0 Å². The first-order valence-electron chi connectivity index (χ1n) is 5.24. The van der Waals surface area contributed by atoms with Crippen LogP contribution in [0.4, 0.5) is 0 Å². The monoisotopic (exact) mass is 226 g/mol. The first-order chi connectivity index (χ1) is 7.07. The zero-order valence-corrected chi connectivity index (χ0v) is 9.45. The molecule has 5 heteroatoms. The van der Waals surface area contributed by atoms with E-state index in [-0.39, 0.29) is 22.8 Å². The number of carbonyl (C=O) groups excluding carboxylic acids is 2. The van der Waals surface area contributed by atoms with Crippen molar-refractivity contribution < 1.29 is 9.59 Å². The Balaban J connectivity index is 2.35. The Kier molecular flexibility index (Phi) is 2.50. The van der Waals surface area contributed by atoms with Gasteiger partial charge in [-0.3, -0.25) is 9.59 Å². The van der Waals surface area contributed by atoms with Crippen LogP contribution >= 0.6 is 12.2 Å². The number of carbonyl (C=O) groups is 2. The highest BCUT2D eigenvalue weighted by molar-refractivity contribution is 7.80. The summed E-state index contributed by atoms with van der Waals surface area (Å²) in [5.74, 6) is -0.346. The lowest BCUT2D eigenvalue weighted by Gasteiger charge is -2.42. The normalized spacial score (nSPS) is 29.9. The highest BCUT2D eigenvalue weighted by Gasteiger charge is 2.53. The molecular formula is C10H14N2O2S. The predicted octanol–water partition coefficient (Wildman–Crippen LogP) is 0.714. The van der Waals surface area contributed by atoms with Gasteiger partial charge in [0.2, 0.25) is 11.8 Å². The first-order valence-corrected chi connectivity index (χ1v) is 5.65. The molecule has 2 rings (SSSR count). The van der Waals surface area contributed by atoms with E-state index < -0.39 is 5.41 Å². The summed E-state index contributed by atoms with van der Waals surface area (Å²) in [6.07, 6.45) is 3.58. The fourth-order valence-corrected chi connectivity index (χ4v) is 2.77. The van der Waals surface area contributed by atoms with Crippen LogP contribution in [-0.2, 0) is 9.59 Å². The molecule has 2 fully saturated rings. The van der Waals surface area contributed by atoms with Crippen LogP contribution in [0.2, 0.25) is 0 Å². The van der Waals surface area contributed by atoms with E-state index in [9.17, 15) is 9.59 Å². The number of nitrogens with one attached hydrogen (secondary N) is 2. The van der Waals surface area contributed by atoms with E-state index in [1.54, 1.807) is 0 Å². The Bertz CT molecular complexity index is 320. The van der Waals surface area contributed by atoms with Crippen LogP contribution in [0.15, 0.2) is 0 Å². The fourth-order valence-electron chi connectivity index (χ4n) is 2.59. The van der Waals surface area contributed by atoms with Crippen LogP contribution in [0.5, 0.6) is 0 Å². The molecule has 1 saturated heterocycles. The van der Waals surface area contributed by atoms with Gasteiger partial charge in [-0.05, 0) is 31.0 Å². The lowest BCUT2D eigenvalue weighted by molar-refractivity contribution is -0.149. The first kappa shape index (κ1) is 10.5. The molecule has 0 aromatic carbocycles. The second kappa shape index (κ2) is 3.56. The van der Waals surface area contributed by atoms with E-state index in [1.807, 2.05) is 6.92 Å². The van der Waals surface area contributed by atoms with E-state index in [0.29, 0.717) is 6.42 Å². The van der Waals surface area contributed by atoms with Gasteiger partial charge in [0.05, 0.1) is 0 Å². The van der Waals surface area contributed by atoms with Gasteiger partial charge < -0.3 is 10.6 Å². The molecule has 15 heavy (non-hydrogen) atoms. The van der Waals surface area contributed by atoms with Crippen molar-refractivity contribution in [2.75, 3.05) is 0 Å². The van der Waals surface area contributed by atoms with Crippen LogP contribution in [0.3, 0.4) is 0 Å². The Hall–Kier alpha value is -0.970. The van der Waals surface area contributed by atoms with Gasteiger partial charge in [-0.15, -0.1) is 0 Å². The maximum atomic E-state index is 11.9. The summed E-state index contributed by atoms with van der Waals surface area (Å²) in [7, 11) is 0. The lowest BCUT2D eigenvalue weighted by Crippen LogP contribution is -2.65. The van der Waals surface area contributed by atoms with Crippen LogP contribution in [0.25, 0.3) is 0 Å². The third-order valence-corrected chi connectivity index (χ3v) is 3.77. The lowest BCUT2D eigenvalue weighted by atomic mass is 9.65. The Morgan fingerprint density at radius 1 is 1.27 bits per heavy atom. The van der Waals surface area contributed by atoms with Crippen molar-refractivity contribution in [2.45, 2.75) is 32.6 Å². The van der Waals surface area contributed by atoms with Gasteiger partial charge >= 0.3 is 0 Å². The third kappa shape index (κ3) is 1.45. The van der Waals surface area contributed by atoms with Gasteiger partial charge in [-0.1, -0.05) is 19.8 Å². The van der Waals surface area contributed by atoms with Crippen LogP contribution in [-0.4, -0.2) is 16.9 Å². The van der Waals surface area contributed by atoms with Crippen LogP contribution in [0.1, 0.15) is 32.6 Å². The van der Waals surface area contributed by atoms with Crippen molar-refractivity contribution in [2.24, 2.45) is 11.3 Å². The zero-order valence-electron chi connectivity index (χ0n) is 8.63. The van der Waals surface area contributed by atoms with E-state index in [1.165, 1.54) is 0 Å². The largest absolute Gasteiger partial charge is 0.302 e. The minimum absolute atomic E-state index is 0.0920. The molecule has 1 aliphatic heterocycles. The molecule has 1 atom stereocenters. The quantitative estimate of drug-likeness (QED) is 0.472. The van der Waals surface area contributed by atoms with Gasteiger partial charge in [0.15, 0.2) is 5.11 Å². The van der Waals surface area contributed by atoms with Crippen molar-refractivity contribution >= 4 is 29.1 Å². The number of thiocarbonyl (C=S) groups is 1. The molecule has 0 unspecified atom stereocenters. The minimum Gasteiger partial charge on any atom is -0.302 e. The van der Waals surface area contributed by atoms with E-state index in [4.69, 9.17) is 12.2 Å². The molecule has 1 aliphatic carbocycles. The molecule has 1 heterocycles. The van der Waals surface area contributed by atoms with Crippen molar-refractivity contribution in [1.29, 1.82) is 0 Å². The van der Waals surface area contributed by atoms with E-state index in [0.717, 1.165) is 19.3 Å². The highest BCUT2D eigenvalue weighted by Crippen LogP contribution is 2.42. The second-order valence-electron chi connectivity index (χ2n) is 4.36. The molecule has 2 amide bonds. The topological polar surface area (TPSA) is 58.2 Å². The summed E-state index contributed by atoms with van der Waals surface area (Å²) in [5, 5.41) is 5.26. The van der Waals surface area contributed by atoms with Crippen LogP contribution in [0, 0.1) is 11.3 Å². The summed E-state index contributed by atoms with van der Waals surface area (Å²) in [6, 6.07) is 0. The summed E-state index contributed by atoms with van der Waals surface area (Å²) >= 11 is 4.79. The molecule has 1 spiro atoms. The second-order valence-corrected chi connectivity index (χ2v) is 4.76. The standard InChI is InChI=1S/C10H14N2O2S/c1-6-4-2-3-5-10(6)7(13)11-9(15)12-8(10)14/h6H,2-5H2,1H3,(H2,11,12,13,14,15)/t6-/m0/s1. The number of rotatable bonds is 0. The van der Waals surface area contributed by atoms with E-state index in [2.05, 4.69) is 10.6 Å². The Morgan fingerprint density at radius 2 is 1.87 bits per heavy atom. The molecule has 2 aliphatic rings. The molecule has 1 saturated carbocycles. The van der Waals surface area contributed by atoms with Crippen molar-refractivity contribution in [3.63, 3.8) is 0 Å². The summed E-state index contributed by atoms with van der Waals surface area (Å²) in [5.41, 5.74) is -0.874. The highest BCUT2D eigenvalue weighted by atomic mass is 32.1. The van der Waals surface area contributed by atoms with Crippen LogP contribution < -0.4 is 10.6 Å². The molecule has 82 valence electrons. The van der Waals surface area contributed by atoms with Gasteiger partial charge in [-0.25, -0.2) is 0 Å². The number of amides is 2. The van der Waals surface area contributed by atoms with Crippen molar-refractivity contribution in [3.8, 4) is 0 Å². The molecular weight excluding hydrogens is 212 g/mol. The number of hydrogen-bond acceptors (Lipinski definition) is 3. The summed E-state index contributed by atoms with van der Waals surface area (Å²) in [4.78, 5) is 23.9.